The quantitative estimate of drug-likeness (QED) is 0.748. The first-order valence-electron chi connectivity index (χ1n) is 5.86. The third kappa shape index (κ3) is 3.59. The normalized spacial score (nSPS) is 21.4. The Hall–Kier alpha value is -1.30. The van der Waals surface area contributed by atoms with E-state index in [1.807, 2.05) is 0 Å². The number of hydrogen-bond donors (Lipinski definition) is 2. The summed E-state index contributed by atoms with van der Waals surface area (Å²) in [6, 6.07) is -0.966. The summed E-state index contributed by atoms with van der Waals surface area (Å²) < 4.78 is 0. The molecule has 1 heterocycles. The Morgan fingerprint density at radius 1 is 1.53 bits per heavy atom. The predicted molar refractivity (Wildman–Crippen MR) is 61.7 cm³/mol. The van der Waals surface area contributed by atoms with E-state index in [9.17, 15) is 9.59 Å². The Morgan fingerprint density at radius 2 is 2.18 bits per heavy atom. The lowest BCUT2D eigenvalue weighted by Gasteiger charge is -2.27. The number of hydrogen-bond acceptors (Lipinski definition) is 3. The molecule has 0 spiro atoms. The molecular weight excluding hydrogens is 224 g/mol. The molecule has 98 valence electrons. The third-order valence-electron chi connectivity index (χ3n) is 2.99. The van der Waals surface area contributed by atoms with Gasteiger partial charge in [-0.05, 0) is 26.2 Å². The lowest BCUT2D eigenvalue weighted by Crippen LogP contribution is -2.47. The molecule has 1 aliphatic heterocycles. The number of carbonyl (C=O) groups is 2. The van der Waals surface area contributed by atoms with Gasteiger partial charge in [-0.15, -0.1) is 0 Å². The molecule has 0 aromatic rings. The monoisotopic (exact) mass is 244 g/mol. The molecule has 0 saturated carbocycles. The minimum atomic E-state index is -0.945. The van der Waals surface area contributed by atoms with E-state index in [-0.39, 0.29) is 6.03 Å². The fourth-order valence-corrected chi connectivity index (χ4v) is 1.95. The van der Waals surface area contributed by atoms with Crippen LogP contribution in [0.2, 0.25) is 0 Å². The lowest BCUT2D eigenvalue weighted by atomic mass is 10.2. The maximum Gasteiger partial charge on any atom is 0.326 e. The Labute approximate surface area is 101 Å². The molecule has 0 aliphatic carbocycles. The van der Waals surface area contributed by atoms with E-state index in [2.05, 4.69) is 0 Å². The molecule has 1 saturated heterocycles. The van der Waals surface area contributed by atoms with Crippen molar-refractivity contribution >= 4 is 12.0 Å². The second-order valence-electron chi connectivity index (χ2n) is 4.53. The van der Waals surface area contributed by atoms with Gasteiger partial charge in [-0.2, -0.15) is 0 Å². The van der Waals surface area contributed by atoms with Crippen molar-refractivity contribution in [2.75, 3.05) is 20.1 Å². The van der Waals surface area contributed by atoms with Gasteiger partial charge in [0.25, 0.3) is 0 Å². The van der Waals surface area contributed by atoms with Gasteiger partial charge in [0.2, 0.25) is 0 Å². The molecule has 6 nitrogen and oxygen atoms in total. The van der Waals surface area contributed by atoms with Crippen LogP contribution in [0.5, 0.6) is 0 Å². The molecule has 0 radical (unpaired) electrons. The summed E-state index contributed by atoms with van der Waals surface area (Å²) in [6.45, 7) is 2.59. The number of nitrogens with zero attached hydrogens (tertiary/aromatic N) is 2. The van der Waals surface area contributed by atoms with E-state index >= 15 is 0 Å². The van der Waals surface area contributed by atoms with Crippen molar-refractivity contribution in [2.45, 2.75) is 38.3 Å². The number of aliphatic hydroxyl groups is 1. The van der Waals surface area contributed by atoms with Crippen LogP contribution in [0.25, 0.3) is 0 Å². The van der Waals surface area contributed by atoms with E-state index in [1.54, 1.807) is 14.0 Å². The van der Waals surface area contributed by atoms with Crippen LogP contribution in [-0.2, 0) is 4.79 Å². The predicted octanol–water partition coefficient (Wildman–Crippen LogP) is 0.358. The van der Waals surface area contributed by atoms with Crippen molar-refractivity contribution in [1.82, 2.24) is 9.80 Å². The van der Waals surface area contributed by atoms with Gasteiger partial charge in [-0.25, -0.2) is 9.59 Å². The topological polar surface area (TPSA) is 81.1 Å². The molecular formula is C11H20N2O4. The minimum absolute atomic E-state index is 0.268. The molecule has 2 N–H and O–H groups in total. The summed E-state index contributed by atoms with van der Waals surface area (Å²) in [5.74, 6) is -0.945. The zero-order valence-corrected chi connectivity index (χ0v) is 10.3. The van der Waals surface area contributed by atoms with Gasteiger partial charge in [0.05, 0.1) is 6.10 Å². The highest BCUT2D eigenvalue weighted by Gasteiger charge is 2.35. The summed E-state index contributed by atoms with van der Waals surface area (Å²) in [7, 11) is 1.63. The Morgan fingerprint density at radius 3 is 2.71 bits per heavy atom. The third-order valence-corrected chi connectivity index (χ3v) is 2.99. The standard InChI is InChI=1S/C11H20N2O4/c1-8(14)5-7-12(2)11(17)13-6-3-4-9(13)10(15)16/h8-9,14H,3-7H2,1-2H3,(H,15,16)/t8?,9-/m1/s1. The Balaban J connectivity index is 2.53. The molecule has 1 rings (SSSR count). The number of carboxylic acids is 1. The van der Waals surface area contributed by atoms with E-state index < -0.39 is 18.1 Å². The van der Waals surface area contributed by atoms with Gasteiger partial charge in [0.1, 0.15) is 6.04 Å². The first kappa shape index (κ1) is 13.8. The lowest BCUT2D eigenvalue weighted by molar-refractivity contribution is -0.141. The first-order chi connectivity index (χ1) is 7.93. The summed E-state index contributed by atoms with van der Waals surface area (Å²) in [4.78, 5) is 25.8. The highest BCUT2D eigenvalue weighted by molar-refractivity contribution is 5.83. The van der Waals surface area contributed by atoms with Crippen molar-refractivity contribution in [1.29, 1.82) is 0 Å². The highest BCUT2D eigenvalue weighted by atomic mass is 16.4. The molecule has 1 aliphatic rings. The number of rotatable bonds is 4. The van der Waals surface area contributed by atoms with Crippen molar-refractivity contribution in [3.8, 4) is 0 Å². The van der Waals surface area contributed by atoms with Crippen LogP contribution >= 0.6 is 0 Å². The van der Waals surface area contributed by atoms with Crippen LogP contribution in [0.15, 0.2) is 0 Å². The summed E-state index contributed by atoms with van der Waals surface area (Å²) >= 11 is 0. The first-order valence-corrected chi connectivity index (χ1v) is 5.86. The highest BCUT2D eigenvalue weighted by Crippen LogP contribution is 2.19. The van der Waals surface area contributed by atoms with Crippen LogP contribution in [-0.4, -0.2) is 64.3 Å². The summed E-state index contributed by atoms with van der Waals surface area (Å²) in [6.07, 6.45) is 1.28. The van der Waals surface area contributed by atoms with Gasteiger partial charge in [0, 0.05) is 20.1 Å². The SMILES string of the molecule is CC(O)CCN(C)C(=O)N1CCC[C@@H]1C(=O)O. The van der Waals surface area contributed by atoms with Crippen molar-refractivity contribution in [3.05, 3.63) is 0 Å². The zero-order chi connectivity index (χ0) is 13.0. The van der Waals surface area contributed by atoms with Crippen LogP contribution < -0.4 is 0 Å². The second-order valence-corrected chi connectivity index (χ2v) is 4.53. The van der Waals surface area contributed by atoms with Crippen LogP contribution in [0.1, 0.15) is 26.2 Å². The Bertz CT molecular complexity index is 293. The molecule has 0 aromatic heterocycles. The number of urea groups is 1. The van der Waals surface area contributed by atoms with E-state index in [0.29, 0.717) is 25.9 Å². The van der Waals surface area contributed by atoms with Crippen molar-refractivity contribution < 1.29 is 19.8 Å². The number of carbonyl (C=O) groups excluding carboxylic acids is 1. The fraction of sp³-hybridized carbons (Fsp3) is 0.818. The second kappa shape index (κ2) is 5.86. The number of aliphatic hydroxyl groups excluding tert-OH is 1. The van der Waals surface area contributed by atoms with Crippen molar-refractivity contribution in [2.24, 2.45) is 0 Å². The number of amides is 2. The zero-order valence-electron chi connectivity index (χ0n) is 10.3. The van der Waals surface area contributed by atoms with Crippen LogP contribution in [0, 0.1) is 0 Å². The summed E-state index contributed by atoms with van der Waals surface area (Å²) in [5.41, 5.74) is 0. The largest absolute Gasteiger partial charge is 0.480 e. The summed E-state index contributed by atoms with van der Waals surface area (Å²) in [5, 5.41) is 18.1. The molecule has 0 aromatic carbocycles. The van der Waals surface area contributed by atoms with E-state index in [1.165, 1.54) is 9.80 Å². The molecule has 2 amide bonds. The maximum atomic E-state index is 12.0. The smallest absolute Gasteiger partial charge is 0.326 e. The molecule has 2 atom stereocenters. The average molecular weight is 244 g/mol. The fourth-order valence-electron chi connectivity index (χ4n) is 1.95. The van der Waals surface area contributed by atoms with Gasteiger partial charge in [-0.1, -0.05) is 0 Å². The van der Waals surface area contributed by atoms with Crippen LogP contribution in [0.3, 0.4) is 0 Å². The Kier molecular flexibility index (Phi) is 4.74. The van der Waals surface area contributed by atoms with Gasteiger partial charge in [-0.3, -0.25) is 0 Å². The van der Waals surface area contributed by atoms with Gasteiger partial charge in [0.15, 0.2) is 0 Å². The molecule has 1 unspecified atom stereocenters. The van der Waals surface area contributed by atoms with Gasteiger partial charge < -0.3 is 20.0 Å². The molecule has 0 bridgehead atoms. The number of carboxylic acid groups (broad SMARTS) is 1. The van der Waals surface area contributed by atoms with Crippen LogP contribution in [0.4, 0.5) is 4.79 Å². The molecule has 17 heavy (non-hydrogen) atoms. The van der Waals surface area contributed by atoms with E-state index in [0.717, 1.165) is 6.42 Å². The van der Waals surface area contributed by atoms with Crippen molar-refractivity contribution in [3.63, 3.8) is 0 Å². The number of likely N-dealkylation sites (tertiary alicyclic amines) is 1. The molecule has 1 fully saturated rings. The van der Waals surface area contributed by atoms with E-state index in [4.69, 9.17) is 10.2 Å². The van der Waals surface area contributed by atoms with Gasteiger partial charge >= 0.3 is 12.0 Å². The average Bonchev–Trinajstić information content (AvgIpc) is 2.73. The number of aliphatic carboxylic acids is 1. The molecule has 6 heteroatoms. The minimum Gasteiger partial charge on any atom is -0.480 e. The maximum absolute atomic E-state index is 12.0.